The van der Waals surface area contributed by atoms with Gasteiger partial charge >= 0.3 is 0 Å². The number of carbonyl (C=O) groups is 1. The van der Waals surface area contributed by atoms with Crippen LogP contribution >= 0.6 is 0 Å². The molecule has 1 heterocycles. The first-order valence-corrected chi connectivity index (χ1v) is 10.9. The van der Waals surface area contributed by atoms with Gasteiger partial charge in [-0.3, -0.25) is 4.79 Å². The smallest absolute Gasteiger partial charge is 0.172 e. The first-order chi connectivity index (χ1) is 12.4. The molecule has 0 aromatic heterocycles. The molecule has 0 aromatic carbocycles. The van der Waals surface area contributed by atoms with E-state index in [4.69, 9.17) is 9.47 Å². The third-order valence-corrected chi connectivity index (χ3v) is 9.41. The molecule has 4 fully saturated rings. The largest absolute Gasteiger partial charge is 0.347 e. The second-order valence-electron chi connectivity index (χ2n) is 10.3. The van der Waals surface area contributed by atoms with Gasteiger partial charge in [-0.1, -0.05) is 25.5 Å². The van der Waals surface area contributed by atoms with Gasteiger partial charge in [-0.05, 0) is 74.0 Å². The zero-order valence-corrected chi connectivity index (χ0v) is 16.7. The molecule has 0 unspecified atom stereocenters. The van der Waals surface area contributed by atoms with E-state index < -0.39 is 0 Å². The average Bonchev–Trinajstić information content (AvgIpc) is 3.20. The summed E-state index contributed by atoms with van der Waals surface area (Å²) in [6.07, 6.45) is 11.9. The van der Waals surface area contributed by atoms with Crippen molar-refractivity contribution in [3.05, 3.63) is 11.6 Å². The van der Waals surface area contributed by atoms with Crippen LogP contribution < -0.4 is 0 Å². The topological polar surface area (TPSA) is 35.5 Å². The molecule has 3 nitrogen and oxygen atoms in total. The van der Waals surface area contributed by atoms with Gasteiger partial charge in [0.25, 0.3) is 0 Å². The Morgan fingerprint density at radius 3 is 2.54 bits per heavy atom. The summed E-state index contributed by atoms with van der Waals surface area (Å²) in [6, 6.07) is 0. The Labute approximate surface area is 157 Å². The molecule has 1 spiro atoms. The minimum absolute atomic E-state index is 0.252. The van der Waals surface area contributed by atoms with Crippen LogP contribution in [0.3, 0.4) is 0 Å². The van der Waals surface area contributed by atoms with Crippen molar-refractivity contribution >= 4 is 5.78 Å². The molecule has 0 aromatic rings. The Morgan fingerprint density at radius 2 is 1.81 bits per heavy atom. The standard InChI is InChI=1S/C23H34O3/c1-15(24)18-6-7-19-17-5-4-16-14-23(25-12-13-26-23)11-10-21(16,2)20(17)8-9-22(18,19)3/h4,17-20H,5-14H2,1-3H3/t17-,18-,19+,20-,21-,22+/m0/s1. The predicted molar refractivity (Wildman–Crippen MR) is 101 cm³/mol. The first-order valence-electron chi connectivity index (χ1n) is 10.9. The summed E-state index contributed by atoms with van der Waals surface area (Å²) in [5, 5.41) is 0. The van der Waals surface area contributed by atoms with E-state index in [1.165, 1.54) is 32.1 Å². The van der Waals surface area contributed by atoms with E-state index in [0.717, 1.165) is 50.2 Å². The molecule has 4 aliphatic carbocycles. The number of allylic oxidation sites excluding steroid dienone is 1. The molecule has 0 amide bonds. The first kappa shape index (κ1) is 17.4. The summed E-state index contributed by atoms with van der Waals surface area (Å²) in [4.78, 5) is 12.3. The Kier molecular flexibility index (Phi) is 3.80. The van der Waals surface area contributed by atoms with E-state index in [1.807, 2.05) is 6.92 Å². The zero-order valence-electron chi connectivity index (χ0n) is 16.7. The van der Waals surface area contributed by atoms with Crippen molar-refractivity contribution in [2.45, 2.75) is 77.9 Å². The number of fused-ring (bicyclic) bond motifs is 5. The minimum Gasteiger partial charge on any atom is -0.347 e. The maximum absolute atomic E-state index is 12.3. The van der Waals surface area contributed by atoms with Crippen LogP contribution in [-0.2, 0) is 14.3 Å². The van der Waals surface area contributed by atoms with E-state index in [1.54, 1.807) is 5.57 Å². The highest BCUT2D eigenvalue weighted by Crippen LogP contribution is 2.67. The number of hydrogen-bond acceptors (Lipinski definition) is 3. The summed E-state index contributed by atoms with van der Waals surface area (Å²) in [5.41, 5.74) is 2.18. The fraction of sp³-hybridized carbons (Fsp3) is 0.870. The van der Waals surface area contributed by atoms with Crippen LogP contribution in [0.4, 0.5) is 0 Å². The second-order valence-corrected chi connectivity index (χ2v) is 10.3. The van der Waals surface area contributed by atoms with Gasteiger partial charge in [-0.25, -0.2) is 0 Å². The van der Waals surface area contributed by atoms with Gasteiger partial charge in [0.15, 0.2) is 5.79 Å². The molecule has 3 heteroatoms. The van der Waals surface area contributed by atoms with Crippen LogP contribution in [0.5, 0.6) is 0 Å². The van der Waals surface area contributed by atoms with Crippen LogP contribution in [0, 0.1) is 34.5 Å². The van der Waals surface area contributed by atoms with Crippen molar-refractivity contribution < 1.29 is 14.3 Å². The van der Waals surface area contributed by atoms with Gasteiger partial charge in [0.1, 0.15) is 5.78 Å². The molecule has 5 rings (SSSR count). The third-order valence-electron chi connectivity index (χ3n) is 9.41. The van der Waals surface area contributed by atoms with E-state index in [9.17, 15) is 4.79 Å². The highest BCUT2D eigenvalue weighted by atomic mass is 16.7. The lowest BCUT2D eigenvalue weighted by atomic mass is 9.47. The molecule has 0 radical (unpaired) electrons. The molecular weight excluding hydrogens is 324 g/mol. The second kappa shape index (κ2) is 5.67. The number of Topliss-reactive ketones (excluding diaryl/α,β-unsaturated/α-hetero) is 1. The van der Waals surface area contributed by atoms with Gasteiger partial charge in [0.05, 0.1) is 13.2 Å². The highest BCUT2D eigenvalue weighted by molar-refractivity contribution is 5.79. The number of hydrogen-bond donors (Lipinski definition) is 0. The molecule has 1 saturated heterocycles. The fourth-order valence-electron chi connectivity index (χ4n) is 8.02. The van der Waals surface area contributed by atoms with Gasteiger partial charge in [0.2, 0.25) is 0 Å². The molecule has 0 N–H and O–H groups in total. The maximum Gasteiger partial charge on any atom is 0.172 e. The SMILES string of the molecule is CC(=O)[C@@H]1CC[C@@H]2[C@@H]3CC=C4CC5(CC[C@]4(C)[C@H]3CC[C@@]21C)OCCO5. The van der Waals surface area contributed by atoms with Crippen molar-refractivity contribution in [1.29, 1.82) is 0 Å². The molecule has 0 bridgehead atoms. The Balaban J connectivity index is 1.44. The molecule has 5 aliphatic rings. The number of carbonyl (C=O) groups excluding carboxylic acids is 1. The maximum atomic E-state index is 12.3. The van der Waals surface area contributed by atoms with Crippen molar-refractivity contribution in [3.63, 3.8) is 0 Å². The van der Waals surface area contributed by atoms with Crippen LogP contribution in [0.1, 0.15) is 72.1 Å². The monoisotopic (exact) mass is 358 g/mol. The predicted octanol–water partition coefficient (Wildman–Crippen LogP) is 4.90. The van der Waals surface area contributed by atoms with Gasteiger partial charge < -0.3 is 9.47 Å². The quantitative estimate of drug-likeness (QED) is 0.626. The number of ether oxygens (including phenoxy) is 2. The van der Waals surface area contributed by atoms with Gasteiger partial charge in [-0.15, -0.1) is 0 Å². The normalized spacial score (nSPS) is 49.3. The van der Waals surface area contributed by atoms with E-state index in [-0.39, 0.29) is 11.2 Å². The molecule has 144 valence electrons. The van der Waals surface area contributed by atoms with Crippen molar-refractivity contribution in [1.82, 2.24) is 0 Å². The summed E-state index contributed by atoms with van der Waals surface area (Å²) in [6.45, 7) is 8.29. The minimum atomic E-state index is -0.311. The van der Waals surface area contributed by atoms with Gasteiger partial charge in [0, 0.05) is 18.8 Å². The molecular formula is C23H34O3. The number of ketones is 1. The zero-order chi connectivity index (χ0) is 18.2. The average molecular weight is 359 g/mol. The third kappa shape index (κ3) is 2.22. The lowest BCUT2D eigenvalue weighted by Crippen LogP contribution is -2.52. The van der Waals surface area contributed by atoms with Crippen LogP contribution in [0.15, 0.2) is 11.6 Å². The molecule has 3 saturated carbocycles. The molecule has 6 atom stereocenters. The van der Waals surface area contributed by atoms with Crippen molar-refractivity contribution in [2.24, 2.45) is 34.5 Å². The Morgan fingerprint density at radius 1 is 1.04 bits per heavy atom. The van der Waals surface area contributed by atoms with Crippen LogP contribution in [0.2, 0.25) is 0 Å². The highest BCUT2D eigenvalue weighted by Gasteiger charge is 2.60. The van der Waals surface area contributed by atoms with Crippen LogP contribution in [0.25, 0.3) is 0 Å². The summed E-state index contributed by atoms with van der Waals surface area (Å²) >= 11 is 0. The fourth-order valence-corrected chi connectivity index (χ4v) is 8.02. The summed E-state index contributed by atoms with van der Waals surface area (Å²) < 4.78 is 12.1. The van der Waals surface area contributed by atoms with Crippen molar-refractivity contribution in [2.75, 3.05) is 13.2 Å². The van der Waals surface area contributed by atoms with E-state index >= 15 is 0 Å². The van der Waals surface area contributed by atoms with E-state index in [2.05, 4.69) is 19.9 Å². The number of rotatable bonds is 1. The van der Waals surface area contributed by atoms with Crippen molar-refractivity contribution in [3.8, 4) is 0 Å². The van der Waals surface area contributed by atoms with Crippen LogP contribution in [-0.4, -0.2) is 24.8 Å². The Hall–Kier alpha value is -0.670. The Bertz CT molecular complexity index is 646. The molecule has 1 aliphatic heterocycles. The summed E-state index contributed by atoms with van der Waals surface area (Å²) in [5.74, 6) is 2.72. The van der Waals surface area contributed by atoms with Gasteiger partial charge in [-0.2, -0.15) is 0 Å². The lowest BCUT2D eigenvalue weighted by molar-refractivity contribution is -0.185. The molecule has 26 heavy (non-hydrogen) atoms. The lowest BCUT2D eigenvalue weighted by Gasteiger charge is -2.58. The van der Waals surface area contributed by atoms with E-state index in [0.29, 0.717) is 17.1 Å². The summed E-state index contributed by atoms with van der Waals surface area (Å²) in [7, 11) is 0.